The van der Waals surface area contributed by atoms with Gasteiger partial charge in [0.05, 0.1) is 18.2 Å². The van der Waals surface area contributed by atoms with E-state index in [0.717, 1.165) is 30.8 Å². The molecule has 6 heteroatoms. The average molecular weight is 280 g/mol. The Morgan fingerprint density at radius 3 is 2.65 bits per heavy atom. The number of carbonyl (C=O) groups excluding carboxylic acids is 1. The molecule has 0 radical (unpaired) electrons. The van der Waals surface area contributed by atoms with Crippen LogP contribution in [0.25, 0.3) is 0 Å². The van der Waals surface area contributed by atoms with Gasteiger partial charge in [-0.15, -0.1) is 0 Å². The molecule has 0 unspecified atom stereocenters. The zero-order valence-corrected chi connectivity index (χ0v) is 11.0. The Labute approximate surface area is 115 Å². The minimum Gasteiger partial charge on any atom is -0.481 e. The lowest BCUT2D eigenvalue weighted by Crippen LogP contribution is -2.07. The Morgan fingerprint density at radius 2 is 2.05 bits per heavy atom. The number of hydrogen-bond donors (Lipinski definition) is 0. The van der Waals surface area contributed by atoms with Crippen molar-refractivity contribution in [3.8, 4) is 5.75 Å². The van der Waals surface area contributed by atoms with Crippen molar-refractivity contribution >= 4 is 6.29 Å². The second-order valence-electron chi connectivity index (χ2n) is 4.30. The van der Waals surface area contributed by atoms with Gasteiger partial charge in [-0.1, -0.05) is 6.92 Å². The van der Waals surface area contributed by atoms with Crippen molar-refractivity contribution in [2.75, 3.05) is 0 Å². The van der Waals surface area contributed by atoms with Gasteiger partial charge in [0.2, 0.25) is 0 Å². The summed E-state index contributed by atoms with van der Waals surface area (Å²) < 4.78 is 34.3. The van der Waals surface area contributed by atoms with Gasteiger partial charge in [-0.2, -0.15) is 0 Å². The molecule has 0 aliphatic carbocycles. The van der Waals surface area contributed by atoms with E-state index in [1.54, 1.807) is 12.5 Å². The van der Waals surface area contributed by atoms with Crippen molar-refractivity contribution in [2.45, 2.75) is 26.5 Å². The summed E-state index contributed by atoms with van der Waals surface area (Å²) in [6.07, 6.45) is 4.53. The molecule has 1 heterocycles. The molecule has 1 aromatic carbocycles. The molecule has 4 nitrogen and oxygen atoms in total. The molecule has 0 spiro atoms. The number of hydrogen-bond acceptors (Lipinski definition) is 3. The zero-order chi connectivity index (χ0) is 14.5. The first-order chi connectivity index (χ1) is 9.65. The third-order valence-electron chi connectivity index (χ3n) is 2.78. The van der Waals surface area contributed by atoms with Gasteiger partial charge in [0.25, 0.3) is 0 Å². The highest BCUT2D eigenvalue weighted by Crippen LogP contribution is 2.23. The second kappa shape index (κ2) is 6.27. The fraction of sp³-hybridized carbons (Fsp3) is 0.286. The Hall–Kier alpha value is -2.24. The van der Waals surface area contributed by atoms with E-state index in [1.165, 1.54) is 0 Å². The van der Waals surface area contributed by atoms with Gasteiger partial charge in [0.1, 0.15) is 12.9 Å². The second-order valence-corrected chi connectivity index (χ2v) is 4.30. The van der Waals surface area contributed by atoms with Crippen LogP contribution in [0.1, 0.15) is 29.4 Å². The van der Waals surface area contributed by atoms with E-state index in [2.05, 4.69) is 4.98 Å². The molecule has 0 fully saturated rings. The van der Waals surface area contributed by atoms with Gasteiger partial charge < -0.3 is 9.30 Å². The van der Waals surface area contributed by atoms with Crippen molar-refractivity contribution in [3.05, 3.63) is 47.5 Å². The number of rotatable bonds is 6. The molecule has 0 aliphatic rings. The lowest BCUT2D eigenvalue weighted by atomic mass is 10.2. The predicted octanol–water partition coefficient (Wildman–Crippen LogP) is 2.96. The normalized spacial score (nSPS) is 10.6. The lowest BCUT2D eigenvalue weighted by molar-refractivity contribution is 0.112. The molecule has 2 rings (SSSR count). The van der Waals surface area contributed by atoms with Crippen LogP contribution in [-0.4, -0.2) is 15.8 Å². The molecular weight excluding hydrogens is 266 g/mol. The van der Waals surface area contributed by atoms with Crippen molar-refractivity contribution in [2.24, 2.45) is 0 Å². The van der Waals surface area contributed by atoms with Crippen LogP contribution in [0.2, 0.25) is 0 Å². The van der Waals surface area contributed by atoms with Gasteiger partial charge in [-0.05, 0) is 18.6 Å². The molecule has 0 saturated carbocycles. The van der Waals surface area contributed by atoms with Crippen LogP contribution in [0.3, 0.4) is 0 Å². The summed E-state index contributed by atoms with van der Waals surface area (Å²) in [5, 5.41) is 0. The van der Waals surface area contributed by atoms with Crippen molar-refractivity contribution < 1.29 is 18.3 Å². The standard InChI is InChI=1S/C14H14F2N2O2/c1-2-3-18-9-17-6-11(18)8-20-14-12(15)4-10(7-19)5-13(14)16/h4-7,9H,2-3,8H2,1H3. The van der Waals surface area contributed by atoms with E-state index < -0.39 is 17.4 Å². The summed E-state index contributed by atoms with van der Waals surface area (Å²) in [6, 6.07) is 1.88. The number of nitrogens with zero attached hydrogens (tertiary/aromatic N) is 2. The first-order valence-corrected chi connectivity index (χ1v) is 6.21. The maximum absolute atomic E-state index is 13.6. The van der Waals surface area contributed by atoms with E-state index >= 15 is 0 Å². The fourth-order valence-corrected chi connectivity index (χ4v) is 1.84. The largest absolute Gasteiger partial charge is 0.481 e. The van der Waals surface area contributed by atoms with Crippen molar-refractivity contribution in [1.29, 1.82) is 0 Å². The number of imidazole rings is 1. The lowest BCUT2D eigenvalue weighted by Gasteiger charge is -2.10. The Kier molecular flexibility index (Phi) is 4.45. The van der Waals surface area contributed by atoms with Gasteiger partial charge in [-0.25, -0.2) is 13.8 Å². The first-order valence-electron chi connectivity index (χ1n) is 6.21. The fourth-order valence-electron chi connectivity index (χ4n) is 1.84. The third-order valence-corrected chi connectivity index (χ3v) is 2.78. The van der Waals surface area contributed by atoms with Crippen LogP contribution in [-0.2, 0) is 13.2 Å². The van der Waals surface area contributed by atoms with E-state index in [4.69, 9.17) is 4.74 Å². The average Bonchev–Trinajstić information content (AvgIpc) is 2.85. The molecule has 0 N–H and O–H groups in total. The Bertz CT molecular complexity index is 588. The van der Waals surface area contributed by atoms with Gasteiger partial charge in [0, 0.05) is 12.1 Å². The molecule has 0 bridgehead atoms. The topological polar surface area (TPSA) is 44.1 Å². The molecule has 0 atom stereocenters. The van der Waals surface area contributed by atoms with Crippen molar-refractivity contribution in [1.82, 2.24) is 9.55 Å². The number of ether oxygens (including phenoxy) is 1. The Balaban J connectivity index is 2.14. The van der Waals surface area contributed by atoms with Gasteiger partial charge in [-0.3, -0.25) is 4.79 Å². The molecule has 1 aromatic heterocycles. The zero-order valence-electron chi connectivity index (χ0n) is 11.0. The quantitative estimate of drug-likeness (QED) is 0.764. The summed E-state index contributed by atoms with van der Waals surface area (Å²) in [7, 11) is 0. The van der Waals surface area contributed by atoms with Crippen LogP contribution in [0.5, 0.6) is 5.75 Å². The van der Waals surface area contributed by atoms with Crippen LogP contribution in [0, 0.1) is 11.6 Å². The van der Waals surface area contributed by atoms with Crippen LogP contribution < -0.4 is 4.74 Å². The number of carbonyl (C=O) groups is 1. The summed E-state index contributed by atoms with van der Waals surface area (Å²) >= 11 is 0. The number of aldehydes is 1. The summed E-state index contributed by atoms with van der Waals surface area (Å²) in [4.78, 5) is 14.5. The van der Waals surface area contributed by atoms with E-state index in [-0.39, 0.29) is 12.2 Å². The van der Waals surface area contributed by atoms with Crippen LogP contribution in [0.15, 0.2) is 24.7 Å². The minimum atomic E-state index is -0.895. The van der Waals surface area contributed by atoms with E-state index in [0.29, 0.717) is 6.29 Å². The number of aromatic nitrogens is 2. The predicted molar refractivity (Wildman–Crippen MR) is 68.6 cm³/mol. The maximum Gasteiger partial charge on any atom is 0.191 e. The molecule has 106 valence electrons. The maximum atomic E-state index is 13.6. The van der Waals surface area contributed by atoms with E-state index in [9.17, 15) is 13.6 Å². The smallest absolute Gasteiger partial charge is 0.191 e. The molecular formula is C14H14F2N2O2. The molecule has 0 saturated heterocycles. The molecule has 2 aromatic rings. The minimum absolute atomic E-state index is 0.00821. The highest BCUT2D eigenvalue weighted by atomic mass is 19.1. The van der Waals surface area contributed by atoms with Gasteiger partial charge in [0.15, 0.2) is 17.4 Å². The highest BCUT2D eigenvalue weighted by molar-refractivity contribution is 5.75. The SMILES string of the molecule is CCCn1cncc1COc1c(F)cc(C=O)cc1F. The molecule has 0 amide bonds. The molecule has 20 heavy (non-hydrogen) atoms. The third kappa shape index (κ3) is 3.01. The first kappa shape index (κ1) is 14.2. The number of aryl methyl sites for hydroxylation is 1. The number of halogens is 2. The highest BCUT2D eigenvalue weighted by Gasteiger charge is 2.13. The van der Waals surface area contributed by atoms with Crippen LogP contribution in [0.4, 0.5) is 8.78 Å². The number of benzene rings is 1. The van der Waals surface area contributed by atoms with Crippen molar-refractivity contribution in [3.63, 3.8) is 0 Å². The Morgan fingerprint density at radius 1 is 1.35 bits per heavy atom. The summed E-state index contributed by atoms with van der Waals surface area (Å²) in [5.41, 5.74) is 0.661. The monoisotopic (exact) mass is 280 g/mol. The summed E-state index contributed by atoms with van der Waals surface area (Å²) in [5.74, 6) is -2.28. The molecule has 0 aliphatic heterocycles. The summed E-state index contributed by atoms with van der Waals surface area (Å²) in [6.45, 7) is 2.78. The van der Waals surface area contributed by atoms with E-state index in [1.807, 2.05) is 11.5 Å². The van der Waals surface area contributed by atoms with Gasteiger partial charge >= 0.3 is 0 Å². The van der Waals surface area contributed by atoms with Crippen LogP contribution >= 0.6 is 0 Å².